The van der Waals surface area contributed by atoms with Gasteiger partial charge < -0.3 is 4.74 Å². The first-order valence-electron chi connectivity index (χ1n) is 7.47. The Morgan fingerprint density at radius 1 is 1.00 bits per heavy atom. The Hall–Kier alpha value is -2.90. The average molecular weight is 348 g/mol. The van der Waals surface area contributed by atoms with E-state index in [2.05, 4.69) is 15.1 Å². The van der Waals surface area contributed by atoms with Crippen molar-refractivity contribution >= 4 is 0 Å². The Kier molecular flexibility index (Phi) is 4.20. The van der Waals surface area contributed by atoms with Crippen molar-refractivity contribution in [2.75, 3.05) is 0 Å². The zero-order valence-corrected chi connectivity index (χ0v) is 13.8. The second kappa shape index (κ2) is 6.19. The fraction of sp³-hybridized carbons (Fsp3) is 0.235. The molecule has 3 rings (SSSR count). The molecule has 3 aromatic rings. The summed E-state index contributed by atoms with van der Waals surface area (Å²) in [5.41, 5.74) is 0.921. The van der Waals surface area contributed by atoms with Gasteiger partial charge in [0, 0.05) is 11.8 Å². The normalized spacial score (nSPS) is 11.6. The van der Waals surface area contributed by atoms with Crippen molar-refractivity contribution in [1.82, 2.24) is 19.7 Å². The summed E-state index contributed by atoms with van der Waals surface area (Å²) in [6.07, 6.45) is -4.43. The molecule has 0 N–H and O–H groups in total. The molecule has 0 aliphatic rings. The van der Waals surface area contributed by atoms with Gasteiger partial charge in [-0.05, 0) is 45.0 Å². The van der Waals surface area contributed by atoms with Gasteiger partial charge in [0.2, 0.25) is 5.88 Å². The van der Waals surface area contributed by atoms with Crippen molar-refractivity contribution in [3.63, 3.8) is 0 Å². The number of hydrogen-bond acceptors (Lipinski definition) is 4. The summed E-state index contributed by atoms with van der Waals surface area (Å²) in [6.45, 7) is 5.41. The number of nitrogens with zero attached hydrogens (tertiary/aromatic N) is 4. The molecule has 0 fully saturated rings. The minimum Gasteiger partial charge on any atom is -0.439 e. The van der Waals surface area contributed by atoms with Gasteiger partial charge in [0.15, 0.2) is 5.82 Å². The van der Waals surface area contributed by atoms with E-state index < -0.39 is 11.7 Å². The van der Waals surface area contributed by atoms with Gasteiger partial charge in [0.1, 0.15) is 11.6 Å². The van der Waals surface area contributed by atoms with Crippen LogP contribution in [0, 0.1) is 20.8 Å². The largest absolute Gasteiger partial charge is 0.439 e. The number of rotatable bonds is 3. The minimum atomic E-state index is -4.43. The van der Waals surface area contributed by atoms with Crippen LogP contribution in [-0.2, 0) is 6.18 Å². The van der Waals surface area contributed by atoms with E-state index in [9.17, 15) is 13.2 Å². The van der Waals surface area contributed by atoms with E-state index in [0.717, 1.165) is 23.5 Å². The van der Waals surface area contributed by atoms with Gasteiger partial charge in [0.05, 0.1) is 11.3 Å². The van der Waals surface area contributed by atoms with Crippen molar-refractivity contribution < 1.29 is 17.9 Å². The first-order valence-corrected chi connectivity index (χ1v) is 7.47. The van der Waals surface area contributed by atoms with Gasteiger partial charge in [-0.3, -0.25) is 0 Å². The lowest BCUT2D eigenvalue weighted by molar-refractivity contribution is -0.137. The molecule has 0 saturated heterocycles. The van der Waals surface area contributed by atoms with Gasteiger partial charge in [-0.1, -0.05) is 6.07 Å². The Morgan fingerprint density at radius 3 is 2.40 bits per heavy atom. The summed E-state index contributed by atoms with van der Waals surface area (Å²) < 4.78 is 45.6. The highest BCUT2D eigenvalue weighted by molar-refractivity contribution is 5.36. The summed E-state index contributed by atoms with van der Waals surface area (Å²) in [6, 6.07) is 8.07. The third-order valence-corrected chi connectivity index (χ3v) is 3.41. The molecule has 2 heterocycles. The van der Waals surface area contributed by atoms with Gasteiger partial charge in [0.25, 0.3) is 0 Å². The molecule has 0 radical (unpaired) electrons. The van der Waals surface area contributed by atoms with E-state index in [-0.39, 0.29) is 11.6 Å². The van der Waals surface area contributed by atoms with Crippen LogP contribution in [0.5, 0.6) is 11.6 Å². The summed E-state index contributed by atoms with van der Waals surface area (Å²) in [7, 11) is 0. The van der Waals surface area contributed by atoms with Crippen molar-refractivity contribution in [2.24, 2.45) is 0 Å². The third kappa shape index (κ3) is 3.78. The average Bonchev–Trinajstić information content (AvgIpc) is 2.85. The lowest BCUT2D eigenvalue weighted by Gasteiger charge is -2.11. The van der Waals surface area contributed by atoms with Gasteiger partial charge in [-0.25, -0.2) is 9.67 Å². The molecule has 0 spiro atoms. The molecule has 25 heavy (non-hydrogen) atoms. The molecule has 0 aliphatic carbocycles. The van der Waals surface area contributed by atoms with E-state index in [1.54, 1.807) is 11.6 Å². The minimum absolute atomic E-state index is 0.0484. The topological polar surface area (TPSA) is 52.8 Å². The van der Waals surface area contributed by atoms with Crippen molar-refractivity contribution in [3.05, 3.63) is 59.2 Å². The van der Waals surface area contributed by atoms with E-state index in [1.165, 1.54) is 18.2 Å². The number of aromatic nitrogens is 4. The maximum absolute atomic E-state index is 12.8. The van der Waals surface area contributed by atoms with Crippen molar-refractivity contribution in [3.8, 4) is 17.4 Å². The predicted molar refractivity (Wildman–Crippen MR) is 84.9 cm³/mol. The molecule has 2 aromatic heterocycles. The van der Waals surface area contributed by atoms with Crippen LogP contribution in [0.25, 0.3) is 5.82 Å². The second-order valence-corrected chi connectivity index (χ2v) is 5.58. The van der Waals surface area contributed by atoms with Crippen molar-refractivity contribution in [1.29, 1.82) is 0 Å². The highest BCUT2D eigenvalue weighted by atomic mass is 19.4. The zero-order valence-electron chi connectivity index (χ0n) is 13.8. The standard InChI is InChI=1S/C17H15F3N4O/c1-10-7-11(2)24(23-10)15-9-16(22-12(3)21-15)25-14-6-4-5-13(8-14)17(18,19)20/h4-9H,1-3H3. The van der Waals surface area contributed by atoms with E-state index in [0.29, 0.717) is 11.6 Å². The van der Waals surface area contributed by atoms with Crippen LogP contribution in [-0.4, -0.2) is 19.7 Å². The maximum atomic E-state index is 12.8. The quantitative estimate of drug-likeness (QED) is 0.704. The Bertz CT molecular complexity index is 918. The molecule has 0 bridgehead atoms. The Morgan fingerprint density at radius 2 is 1.76 bits per heavy atom. The predicted octanol–water partition coefficient (Wildman–Crippen LogP) is 4.40. The Labute approximate surface area is 142 Å². The summed E-state index contributed by atoms with van der Waals surface area (Å²) in [5, 5.41) is 4.34. The third-order valence-electron chi connectivity index (χ3n) is 3.41. The molecule has 0 atom stereocenters. The first-order chi connectivity index (χ1) is 11.7. The van der Waals surface area contributed by atoms with Gasteiger partial charge in [-0.15, -0.1) is 0 Å². The summed E-state index contributed by atoms with van der Waals surface area (Å²) in [5.74, 6) is 1.11. The number of alkyl halides is 3. The van der Waals surface area contributed by atoms with Crippen LogP contribution in [0.1, 0.15) is 22.8 Å². The maximum Gasteiger partial charge on any atom is 0.416 e. The molecular formula is C17H15F3N4O. The number of aryl methyl sites for hydroxylation is 3. The molecule has 0 saturated carbocycles. The smallest absolute Gasteiger partial charge is 0.416 e. The molecule has 8 heteroatoms. The fourth-order valence-corrected chi connectivity index (χ4v) is 2.40. The summed E-state index contributed by atoms with van der Waals surface area (Å²) >= 11 is 0. The van der Waals surface area contributed by atoms with Crippen molar-refractivity contribution in [2.45, 2.75) is 26.9 Å². The molecule has 130 valence electrons. The fourth-order valence-electron chi connectivity index (χ4n) is 2.40. The van der Waals surface area contributed by atoms with Crippen LogP contribution < -0.4 is 4.74 Å². The lowest BCUT2D eigenvalue weighted by atomic mass is 10.2. The van der Waals surface area contributed by atoms with Crippen LogP contribution >= 0.6 is 0 Å². The molecule has 0 unspecified atom stereocenters. The highest BCUT2D eigenvalue weighted by Gasteiger charge is 2.30. The van der Waals surface area contributed by atoms with Crippen LogP contribution in [0.2, 0.25) is 0 Å². The Balaban J connectivity index is 1.95. The number of hydrogen-bond donors (Lipinski definition) is 0. The molecule has 5 nitrogen and oxygen atoms in total. The van der Waals surface area contributed by atoms with E-state index in [4.69, 9.17) is 4.74 Å². The number of ether oxygens (including phenoxy) is 1. The van der Waals surface area contributed by atoms with Crippen LogP contribution in [0.3, 0.4) is 0 Å². The van der Waals surface area contributed by atoms with E-state index in [1.807, 2.05) is 19.9 Å². The van der Waals surface area contributed by atoms with Gasteiger partial charge >= 0.3 is 6.18 Å². The monoisotopic (exact) mass is 348 g/mol. The first kappa shape index (κ1) is 16.9. The van der Waals surface area contributed by atoms with Gasteiger partial charge in [-0.2, -0.15) is 23.3 Å². The van der Waals surface area contributed by atoms with E-state index >= 15 is 0 Å². The van der Waals surface area contributed by atoms with Crippen LogP contribution in [0.4, 0.5) is 13.2 Å². The highest BCUT2D eigenvalue weighted by Crippen LogP contribution is 2.32. The van der Waals surface area contributed by atoms with Crippen LogP contribution in [0.15, 0.2) is 36.4 Å². The second-order valence-electron chi connectivity index (χ2n) is 5.58. The molecule has 1 aromatic carbocycles. The number of benzene rings is 1. The molecule has 0 aliphatic heterocycles. The molecule has 0 amide bonds. The summed E-state index contributed by atoms with van der Waals surface area (Å²) in [4.78, 5) is 8.43. The SMILES string of the molecule is Cc1cc(C)n(-c2cc(Oc3cccc(C(F)(F)F)c3)nc(C)n2)n1. The lowest BCUT2D eigenvalue weighted by Crippen LogP contribution is -2.06. The number of halogens is 3. The zero-order chi connectivity index (χ0) is 18.2. The molecular weight excluding hydrogens is 333 g/mol.